The zero-order valence-electron chi connectivity index (χ0n) is 16.4. The molecule has 1 aliphatic heterocycles. The van der Waals surface area contributed by atoms with E-state index < -0.39 is 0 Å². The molecule has 0 bridgehead atoms. The number of carbonyl (C=O) groups excluding carboxylic acids is 1. The van der Waals surface area contributed by atoms with Gasteiger partial charge in [-0.05, 0) is 62.6 Å². The number of aromatic nitrogens is 2. The lowest BCUT2D eigenvalue weighted by molar-refractivity contribution is -0.148. The van der Waals surface area contributed by atoms with Crippen LogP contribution in [0.4, 0.5) is 5.82 Å². The molecule has 0 amide bonds. The summed E-state index contributed by atoms with van der Waals surface area (Å²) >= 11 is 0. The molecule has 0 saturated carbocycles. The van der Waals surface area contributed by atoms with E-state index in [4.69, 9.17) is 9.72 Å². The largest absolute Gasteiger partial charge is 0.466 e. The summed E-state index contributed by atoms with van der Waals surface area (Å²) in [7, 11) is 0. The predicted molar refractivity (Wildman–Crippen MR) is 111 cm³/mol. The maximum atomic E-state index is 11.9. The molecule has 3 aromatic rings. The number of esters is 1. The predicted octanol–water partition coefficient (Wildman–Crippen LogP) is 4.38. The first-order valence-electron chi connectivity index (χ1n) is 9.89. The number of benzene rings is 1. The number of ether oxygens (including phenoxy) is 1. The first kappa shape index (κ1) is 18.4. The van der Waals surface area contributed by atoms with E-state index in [0.29, 0.717) is 6.61 Å². The fourth-order valence-corrected chi connectivity index (χ4v) is 3.71. The van der Waals surface area contributed by atoms with Gasteiger partial charge in [0.2, 0.25) is 0 Å². The minimum atomic E-state index is -0.0632. The molecule has 0 aliphatic carbocycles. The number of anilines is 1. The van der Waals surface area contributed by atoms with Crippen LogP contribution in [0.1, 0.15) is 25.5 Å². The molecule has 1 fully saturated rings. The van der Waals surface area contributed by atoms with Crippen molar-refractivity contribution in [3.8, 4) is 11.1 Å². The Morgan fingerprint density at radius 2 is 1.89 bits per heavy atom. The Kier molecular flexibility index (Phi) is 5.24. The van der Waals surface area contributed by atoms with Crippen LogP contribution < -0.4 is 4.90 Å². The third-order valence-corrected chi connectivity index (χ3v) is 5.36. The molecular weight excluding hydrogens is 350 g/mol. The SMILES string of the molecule is CCOC(=O)C1CCN(c2ccc3cc(-c4ccc(C)nc4)ccc3n2)CC1. The highest BCUT2D eigenvalue weighted by molar-refractivity contribution is 5.85. The highest BCUT2D eigenvalue weighted by Gasteiger charge is 2.26. The van der Waals surface area contributed by atoms with Gasteiger partial charge in [-0.3, -0.25) is 9.78 Å². The quantitative estimate of drug-likeness (QED) is 0.633. The minimum Gasteiger partial charge on any atom is -0.466 e. The third kappa shape index (κ3) is 3.84. The molecular formula is C23H25N3O2. The lowest BCUT2D eigenvalue weighted by Gasteiger charge is -2.31. The smallest absolute Gasteiger partial charge is 0.309 e. The van der Waals surface area contributed by atoms with Crippen LogP contribution in [0.3, 0.4) is 0 Å². The average Bonchev–Trinajstić information content (AvgIpc) is 2.74. The lowest BCUT2D eigenvalue weighted by Crippen LogP contribution is -2.37. The standard InChI is InChI=1S/C23H25N3O2/c1-3-28-23(27)17-10-12-26(13-11-17)22-9-7-19-14-18(6-8-21(19)25-22)20-5-4-16(2)24-15-20/h4-9,14-15,17H,3,10-13H2,1-2H3. The molecule has 3 heterocycles. The van der Waals surface area contributed by atoms with Crippen molar-refractivity contribution in [1.82, 2.24) is 9.97 Å². The maximum absolute atomic E-state index is 11.9. The summed E-state index contributed by atoms with van der Waals surface area (Å²) in [6, 6.07) is 14.6. The Morgan fingerprint density at radius 1 is 1.11 bits per heavy atom. The molecule has 2 aromatic heterocycles. The van der Waals surface area contributed by atoms with Crippen molar-refractivity contribution < 1.29 is 9.53 Å². The number of carbonyl (C=O) groups is 1. The van der Waals surface area contributed by atoms with Crippen LogP contribution in [0, 0.1) is 12.8 Å². The van der Waals surface area contributed by atoms with Gasteiger partial charge in [-0.1, -0.05) is 12.1 Å². The molecule has 0 atom stereocenters. The Balaban J connectivity index is 1.50. The van der Waals surface area contributed by atoms with Gasteiger partial charge in [-0.25, -0.2) is 4.98 Å². The number of nitrogens with zero attached hydrogens (tertiary/aromatic N) is 3. The number of rotatable bonds is 4. The van der Waals surface area contributed by atoms with E-state index in [1.165, 1.54) is 0 Å². The summed E-state index contributed by atoms with van der Waals surface area (Å²) in [6.07, 6.45) is 3.54. The number of pyridine rings is 2. The second-order valence-corrected chi connectivity index (χ2v) is 7.28. The molecule has 0 N–H and O–H groups in total. The van der Waals surface area contributed by atoms with Crippen molar-refractivity contribution in [1.29, 1.82) is 0 Å². The average molecular weight is 375 g/mol. The highest BCUT2D eigenvalue weighted by atomic mass is 16.5. The summed E-state index contributed by atoms with van der Waals surface area (Å²) < 4.78 is 5.16. The zero-order valence-corrected chi connectivity index (χ0v) is 16.4. The van der Waals surface area contributed by atoms with Gasteiger partial charge in [0.1, 0.15) is 5.82 Å². The van der Waals surface area contributed by atoms with Crippen LogP contribution in [0.2, 0.25) is 0 Å². The normalized spacial score (nSPS) is 15.0. The molecule has 5 heteroatoms. The first-order chi connectivity index (χ1) is 13.6. The summed E-state index contributed by atoms with van der Waals surface area (Å²) in [4.78, 5) is 23.4. The first-order valence-corrected chi connectivity index (χ1v) is 9.89. The van der Waals surface area contributed by atoms with E-state index in [2.05, 4.69) is 46.3 Å². The molecule has 0 radical (unpaired) electrons. The minimum absolute atomic E-state index is 0.0160. The Hall–Kier alpha value is -2.95. The van der Waals surface area contributed by atoms with E-state index >= 15 is 0 Å². The molecule has 1 aliphatic rings. The number of hydrogen-bond acceptors (Lipinski definition) is 5. The number of aryl methyl sites for hydroxylation is 1. The zero-order chi connectivity index (χ0) is 19.5. The summed E-state index contributed by atoms with van der Waals surface area (Å²) in [5.41, 5.74) is 4.25. The van der Waals surface area contributed by atoms with Crippen LogP contribution in [0.15, 0.2) is 48.7 Å². The number of fused-ring (bicyclic) bond motifs is 1. The Bertz CT molecular complexity index is 977. The Labute approximate surface area is 165 Å². The third-order valence-electron chi connectivity index (χ3n) is 5.36. The van der Waals surface area contributed by atoms with E-state index in [1.807, 2.05) is 26.1 Å². The molecule has 144 valence electrons. The fraction of sp³-hybridized carbons (Fsp3) is 0.348. The van der Waals surface area contributed by atoms with Gasteiger partial charge in [0.15, 0.2) is 0 Å². The second kappa shape index (κ2) is 7.97. The van der Waals surface area contributed by atoms with Crippen LogP contribution >= 0.6 is 0 Å². The summed E-state index contributed by atoms with van der Waals surface area (Å²) in [5, 5.41) is 1.11. The van der Waals surface area contributed by atoms with Gasteiger partial charge in [0.25, 0.3) is 0 Å². The highest BCUT2D eigenvalue weighted by Crippen LogP contribution is 2.27. The van der Waals surface area contributed by atoms with Crippen LogP contribution in [-0.4, -0.2) is 35.6 Å². The maximum Gasteiger partial charge on any atom is 0.309 e. The van der Waals surface area contributed by atoms with E-state index in [1.54, 1.807) is 0 Å². The van der Waals surface area contributed by atoms with Crippen molar-refractivity contribution in [2.45, 2.75) is 26.7 Å². The van der Waals surface area contributed by atoms with Gasteiger partial charge in [-0.15, -0.1) is 0 Å². The van der Waals surface area contributed by atoms with Crippen LogP contribution in [-0.2, 0) is 9.53 Å². The molecule has 28 heavy (non-hydrogen) atoms. The van der Waals surface area contributed by atoms with Crippen LogP contribution in [0.25, 0.3) is 22.0 Å². The van der Waals surface area contributed by atoms with E-state index in [0.717, 1.165) is 59.5 Å². The van der Waals surface area contributed by atoms with Crippen molar-refractivity contribution >= 4 is 22.7 Å². The van der Waals surface area contributed by atoms with Crippen molar-refractivity contribution in [2.24, 2.45) is 5.92 Å². The van der Waals surface area contributed by atoms with Gasteiger partial charge in [0.05, 0.1) is 18.0 Å². The second-order valence-electron chi connectivity index (χ2n) is 7.28. The number of hydrogen-bond donors (Lipinski definition) is 0. The van der Waals surface area contributed by atoms with Crippen molar-refractivity contribution in [3.63, 3.8) is 0 Å². The molecule has 1 aromatic carbocycles. The van der Waals surface area contributed by atoms with Gasteiger partial charge in [-0.2, -0.15) is 0 Å². The summed E-state index contributed by atoms with van der Waals surface area (Å²) in [6.45, 7) is 5.95. The van der Waals surface area contributed by atoms with Crippen LogP contribution in [0.5, 0.6) is 0 Å². The fourth-order valence-electron chi connectivity index (χ4n) is 3.71. The molecule has 4 rings (SSSR count). The van der Waals surface area contributed by atoms with Gasteiger partial charge >= 0.3 is 5.97 Å². The molecule has 0 spiro atoms. The Morgan fingerprint density at radius 3 is 2.61 bits per heavy atom. The van der Waals surface area contributed by atoms with Crippen molar-refractivity contribution in [2.75, 3.05) is 24.6 Å². The number of piperidine rings is 1. The lowest BCUT2D eigenvalue weighted by atomic mass is 9.97. The van der Waals surface area contributed by atoms with E-state index in [9.17, 15) is 4.79 Å². The molecule has 1 saturated heterocycles. The van der Waals surface area contributed by atoms with E-state index in [-0.39, 0.29) is 11.9 Å². The molecule has 5 nitrogen and oxygen atoms in total. The summed E-state index contributed by atoms with van der Waals surface area (Å²) in [5.74, 6) is 0.925. The van der Waals surface area contributed by atoms with Crippen molar-refractivity contribution in [3.05, 3.63) is 54.4 Å². The monoisotopic (exact) mass is 375 g/mol. The topological polar surface area (TPSA) is 55.3 Å². The molecule has 0 unspecified atom stereocenters. The van der Waals surface area contributed by atoms with Gasteiger partial charge in [0, 0.05) is 35.9 Å². The van der Waals surface area contributed by atoms with Gasteiger partial charge < -0.3 is 9.64 Å².